The van der Waals surface area contributed by atoms with Crippen LogP contribution in [0.25, 0.3) is 0 Å². The van der Waals surface area contributed by atoms with Gasteiger partial charge >= 0.3 is 0 Å². The fraction of sp³-hybridized carbons (Fsp3) is 0.381. The van der Waals surface area contributed by atoms with Crippen LogP contribution < -0.4 is 4.31 Å². The number of carbonyl (C=O) groups is 1. The topological polar surface area (TPSA) is 90.1 Å². The molecule has 3 aromatic rings. The zero-order valence-corrected chi connectivity index (χ0v) is 20.3. The number of thioether (sulfide) groups is 1. The van der Waals surface area contributed by atoms with E-state index in [-0.39, 0.29) is 18.1 Å². The van der Waals surface area contributed by atoms with Gasteiger partial charge in [-0.2, -0.15) is 0 Å². The number of halogens is 1. The molecule has 0 aliphatic carbocycles. The molecule has 0 saturated carbocycles. The van der Waals surface area contributed by atoms with Crippen LogP contribution in [0.3, 0.4) is 0 Å². The Morgan fingerprint density at radius 1 is 1.19 bits per heavy atom. The molecule has 0 saturated heterocycles. The number of hydrogen-bond acceptors (Lipinski definition) is 6. The van der Waals surface area contributed by atoms with Crippen molar-refractivity contribution in [1.29, 1.82) is 0 Å². The first kappa shape index (κ1) is 24.0. The van der Waals surface area contributed by atoms with Crippen LogP contribution in [-0.2, 0) is 30.2 Å². The smallest absolute Gasteiger partial charge is 0.232 e. The van der Waals surface area contributed by atoms with E-state index in [9.17, 15) is 17.6 Å². The number of ketones is 1. The van der Waals surface area contributed by atoms with Crippen molar-refractivity contribution in [3.63, 3.8) is 0 Å². The molecule has 172 valence electrons. The molecule has 0 bridgehead atoms. The van der Waals surface area contributed by atoms with Crippen LogP contribution in [0.2, 0.25) is 0 Å². The molecule has 8 nitrogen and oxygen atoms in total. The maximum absolute atomic E-state index is 13.3. The minimum Gasteiger partial charge on any atom is -0.349 e. The van der Waals surface area contributed by atoms with Gasteiger partial charge in [0, 0.05) is 30.5 Å². The maximum atomic E-state index is 13.3. The Bertz CT molecular complexity index is 1230. The number of anilines is 1. The van der Waals surface area contributed by atoms with E-state index < -0.39 is 15.8 Å². The van der Waals surface area contributed by atoms with Gasteiger partial charge in [0.25, 0.3) is 0 Å². The van der Waals surface area contributed by atoms with Gasteiger partial charge in [-0.15, -0.1) is 10.2 Å². The van der Waals surface area contributed by atoms with Gasteiger partial charge in [0.05, 0.1) is 24.2 Å². The predicted molar refractivity (Wildman–Crippen MR) is 123 cm³/mol. The molecule has 0 unspecified atom stereocenters. The van der Waals surface area contributed by atoms with E-state index in [0.29, 0.717) is 22.2 Å². The first-order chi connectivity index (χ1) is 15.0. The fourth-order valence-electron chi connectivity index (χ4n) is 3.52. The molecule has 0 atom stereocenters. The number of rotatable bonds is 9. The third-order valence-electron chi connectivity index (χ3n) is 5.25. The van der Waals surface area contributed by atoms with Crippen molar-refractivity contribution in [2.75, 3.05) is 16.3 Å². The summed E-state index contributed by atoms with van der Waals surface area (Å²) in [6, 6.07) is 7.09. The minimum absolute atomic E-state index is 0.00331. The number of aryl methyl sites for hydroxylation is 1. The summed E-state index contributed by atoms with van der Waals surface area (Å²) in [6.07, 6.45) is 1.08. The van der Waals surface area contributed by atoms with Gasteiger partial charge in [-0.05, 0) is 51.1 Å². The maximum Gasteiger partial charge on any atom is 0.232 e. The quantitative estimate of drug-likeness (QED) is 0.345. The minimum atomic E-state index is -3.64. The summed E-state index contributed by atoms with van der Waals surface area (Å²) in [4.78, 5) is 12.8. The van der Waals surface area contributed by atoms with E-state index in [1.54, 1.807) is 11.6 Å². The summed E-state index contributed by atoms with van der Waals surface area (Å²) >= 11 is 1.25. The second-order valence-electron chi connectivity index (χ2n) is 7.44. The van der Waals surface area contributed by atoms with Crippen LogP contribution >= 0.6 is 11.8 Å². The van der Waals surface area contributed by atoms with E-state index >= 15 is 0 Å². The molecule has 0 fully saturated rings. The highest BCUT2D eigenvalue weighted by Gasteiger charge is 2.22. The van der Waals surface area contributed by atoms with E-state index in [0.717, 1.165) is 28.5 Å². The van der Waals surface area contributed by atoms with Crippen LogP contribution in [0.5, 0.6) is 0 Å². The lowest BCUT2D eigenvalue weighted by Gasteiger charge is -2.21. The van der Waals surface area contributed by atoms with Crippen molar-refractivity contribution in [3.8, 4) is 0 Å². The molecule has 1 aromatic carbocycles. The first-order valence-electron chi connectivity index (χ1n) is 9.97. The van der Waals surface area contributed by atoms with Crippen LogP contribution in [0, 0.1) is 19.7 Å². The van der Waals surface area contributed by atoms with E-state index in [1.165, 1.54) is 36.0 Å². The van der Waals surface area contributed by atoms with Gasteiger partial charge in [0.2, 0.25) is 10.0 Å². The van der Waals surface area contributed by atoms with Gasteiger partial charge in [0.15, 0.2) is 16.8 Å². The molecule has 32 heavy (non-hydrogen) atoms. The summed E-state index contributed by atoms with van der Waals surface area (Å²) in [6.45, 7) is 6.68. The van der Waals surface area contributed by atoms with Gasteiger partial charge in [-0.25, -0.2) is 12.8 Å². The summed E-state index contributed by atoms with van der Waals surface area (Å²) in [5.74, 6) is 0.132. The SMILES string of the molecule is CCn1c(C)cc(C(=O)CSc2nnc(CN(c3ccc(F)cc3)S(C)(=O)=O)n2C)c1C. The van der Waals surface area contributed by atoms with Crippen molar-refractivity contribution >= 4 is 33.3 Å². The van der Waals surface area contributed by atoms with Gasteiger partial charge in [0.1, 0.15) is 5.82 Å². The van der Waals surface area contributed by atoms with Crippen molar-refractivity contribution in [3.05, 3.63) is 58.9 Å². The number of benzene rings is 1. The molecule has 2 aromatic heterocycles. The van der Waals surface area contributed by atoms with Crippen LogP contribution in [0.4, 0.5) is 10.1 Å². The first-order valence-corrected chi connectivity index (χ1v) is 12.8. The lowest BCUT2D eigenvalue weighted by Crippen LogP contribution is -2.30. The standard InChI is InChI=1S/C21H26FN5O3S2/c1-6-26-14(2)11-18(15(26)3)19(28)13-31-21-24-23-20(25(21)4)12-27(32(5,29)30)17-9-7-16(22)8-10-17/h7-11H,6,12-13H2,1-5H3. The monoisotopic (exact) mass is 479 g/mol. The zero-order chi connectivity index (χ0) is 23.6. The van der Waals surface area contributed by atoms with Crippen LogP contribution in [0.1, 0.15) is 34.5 Å². The predicted octanol–water partition coefficient (Wildman–Crippen LogP) is 3.33. The number of carbonyl (C=O) groups excluding carboxylic acids is 1. The highest BCUT2D eigenvalue weighted by atomic mass is 32.2. The summed E-state index contributed by atoms with van der Waals surface area (Å²) in [7, 11) is -1.92. The van der Waals surface area contributed by atoms with Crippen LogP contribution in [0.15, 0.2) is 35.5 Å². The molecular formula is C21H26FN5O3S2. The average molecular weight is 480 g/mol. The molecule has 3 rings (SSSR count). The van der Waals surface area contributed by atoms with Crippen LogP contribution in [-0.4, -0.2) is 45.5 Å². The number of hydrogen-bond donors (Lipinski definition) is 0. The summed E-state index contributed by atoms with van der Waals surface area (Å²) < 4.78 is 42.8. The number of sulfonamides is 1. The molecule has 11 heteroatoms. The van der Waals surface area contributed by atoms with Crippen molar-refractivity contribution in [1.82, 2.24) is 19.3 Å². The average Bonchev–Trinajstić information content (AvgIpc) is 3.22. The number of aromatic nitrogens is 4. The second kappa shape index (κ2) is 9.45. The Balaban J connectivity index is 1.76. The largest absolute Gasteiger partial charge is 0.349 e. The van der Waals surface area contributed by atoms with Gasteiger partial charge < -0.3 is 9.13 Å². The fourth-order valence-corrected chi connectivity index (χ4v) is 5.19. The third-order valence-corrected chi connectivity index (χ3v) is 7.41. The Kier molecular flexibility index (Phi) is 7.09. The Morgan fingerprint density at radius 3 is 2.41 bits per heavy atom. The highest BCUT2D eigenvalue weighted by Crippen LogP contribution is 2.24. The highest BCUT2D eigenvalue weighted by molar-refractivity contribution is 7.99. The number of nitrogens with zero attached hydrogens (tertiary/aromatic N) is 5. The summed E-state index contributed by atoms with van der Waals surface area (Å²) in [5, 5.41) is 8.74. The lowest BCUT2D eigenvalue weighted by atomic mass is 10.2. The molecule has 0 spiro atoms. The van der Waals surface area contributed by atoms with E-state index in [4.69, 9.17) is 0 Å². The summed E-state index contributed by atoms with van der Waals surface area (Å²) in [5.41, 5.74) is 3.00. The molecule has 0 amide bonds. The Hall–Kier alpha value is -2.66. The van der Waals surface area contributed by atoms with Gasteiger partial charge in [-0.3, -0.25) is 9.10 Å². The van der Waals surface area contributed by atoms with Crippen molar-refractivity contribution in [2.24, 2.45) is 7.05 Å². The van der Waals surface area contributed by atoms with Crippen molar-refractivity contribution < 1.29 is 17.6 Å². The molecule has 2 heterocycles. The molecular weight excluding hydrogens is 453 g/mol. The van der Waals surface area contributed by atoms with Crippen molar-refractivity contribution in [2.45, 2.75) is 39.0 Å². The molecule has 0 N–H and O–H groups in total. The molecule has 0 aliphatic heterocycles. The number of Topliss-reactive ketones (excluding diaryl/α,β-unsaturated/α-hetero) is 1. The second-order valence-corrected chi connectivity index (χ2v) is 10.3. The lowest BCUT2D eigenvalue weighted by molar-refractivity contribution is 0.102. The van der Waals surface area contributed by atoms with Gasteiger partial charge in [-0.1, -0.05) is 11.8 Å². The van der Waals surface area contributed by atoms with E-state index in [1.807, 2.05) is 26.8 Å². The Labute approximate surface area is 191 Å². The molecule has 0 radical (unpaired) electrons. The third kappa shape index (κ3) is 5.04. The Morgan fingerprint density at radius 2 is 1.84 bits per heavy atom. The van der Waals surface area contributed by atoms with E-state index in [2.05, 4.69) is 14.8 Å². The molecule has 0 aliphatic rings. The zero-order valence-electron chi connectivity index (χ0n) is 18.7. The normalized spacial score (nSPS) is 11.7.